The smallest absolute Gasteiger partial charge is 0.279 e. The Morgan fingerprint density at radius 2 is 1.60 bits per heavy atom. The Labute approximate surface area is 151 Å². The Hall–Kier alpha value is -1.88. The minimum Gasteiger partial charge on any atom is -0.348 e. The van der Waals surface area contributed by atoms with Gasteiger partial charge in [0.15, 0.2) is 13.1 Å². The van der Waals surface area contributed by atoms with Crippen LogP contribution in [0.25, 0.3) is 0 Å². The number of aryl methyl sites for hydroxylation is 2. The summed E-state index contributed by atoms with van der Waals surface area (Å²) in [5.41, 5.74) is 2.98. The molecule has 0 heterocycles. The van der Waals surface area contributed by atoms with Crippen LogP contribution < -0.4 is 15.5 Å². The summed E-state index contributed by atoms with van der Waals surface area (Å²) in [6.07, 6.45) is 4.51. The van der Waals surface area contributed by atoms with Gasteiger partial charge in [-0.1, -0.05) is 25.1 Å². The maximum atomic E-state index is 12.3. The number of quaternary nitrogens is 1. The van der Waals surface area contributed by atoms with Gasteiger partial charge in [-0.25, -0.2) is 0 Å². The Kier molecular flexibility index (Phi) is 7.00. The number of amides is 2. The predicted octanol–water partition coefficient (Wildman–Crippen LogP) is 1.45. The van der Waals surface area contributed by atoms with E-state index in [0.717, 1.165) is 40.5 Å². The van der Waals surface area contributed by atoms with Crippen LogP contribution in [0.3, 0.4) is 0 Å². The van der Waals surface area contributed by atoms with Crippen LogP contribution in [0.15, 0.2) is 18.2 Å². The van der Waals surface area contributed by atoms with Crippen LogP contribution in [-0.4, -0.2) is 38.0 Å². The summed E-state index contributed by atoms with van der Waals surface area (Å²) in [5.74, 6) is 0.751. The molecule has 1 aromatic carbocycles. The highest BCUT2D eigenvalue weighted by Crippen LogP contribution is 2.23. The normalized spacial score (nSPS) is 21.4. The number of hydrogen-bond acceptors (Lipinski definition) is 2. The molecule has 138 valence electrons. The number of anilines is 1. The lowest BCUT2D eigenvalue weighted by Gasteiger charge is -2.27. The Bertz CT molecular complexity index is 587. The zero-order chi connectivity index (χ0) is 18.4. The average molecular weight is 346 g/mol. The first-order valence-corrected chi connectivity index (χ1v) is 9.32. The second-order valence-corrected chi connectivity index (χ2v) is 7.65. The van der Waals surface area contributed by atoms with Crippen molar-refractivity contribution in [2.75, 3.05) is 25.5 Å². The molecule has 25 heavy (non-hydrogen) atoms. The molecular formula is C20H32N3O2+. The van der Waals surface area contributed by atoms with E-state index >= 15 is 0 Å². The lowest BCUT2D eigenvalue weighted by atomic mass is 9.87. The van der Waals surface area contributed by atoms with Crippen molar-refractivity contribution in [1.82, 2.24) is 5.32 Å². The van der Waals surface area contributed by atoms with E-state index < -0.39 is 0 Å². The van der Waals surface area contributed by atoms with E-state index in [9.17, 15) is 9.59 Å². The highest BCUT2D eigenvalue weighted by Gasteiger charge is 2.22. The Balaban J connectivity index is 1.76. The topological polar surface area (TPSA) is 62.6 Å². The molecule has 1 unspecified atom stereocenters. The van der Waals surface area contributed by atoms with Crippen LogP contribution >= 0.6 is 0 Å². The number of carbonyl (C=O) groups excluding carboxylic acids is 2. The molecule has 0 radical (unpaired) electrons. The van der Waals surface area contributed by atoms with Crippen molar-refractivity contribution in [1.29, 1.82) is 0 Å². The molecule has 0 aromatic heterocycles. The number of nitrogens with one attached hydrogen (secondary N) is 3. The third-order valence-corrected chi connectivity index (χ3v) is 5.05. The monoisotopic (exact) mass is 346 g/mol. The highest BCUT2D eigenvalue weighted by atomic mass is 16.2. The van der Waals surface area contributed by atoms with E-state index in [1.54, 1.807) is 0 Å². The van der Waals surface area contributed by atoms with Gasteiger partial charge in [0.25, 0.3) is 11.8 Å². The first-order chi connectivity index (χ1) is 11.8. The van der Waals surface area contributed by atoms with Crippen LogP contribution in [0, 0.1) is 19.8 Å². The summed E-state index contributed by atoms with van der Waals surface area (Å²) in [7, 11) is 1.88. The molecular weight excluding hydrogens is 314 g/mol. The molecule has 5 heteroatoms. The second-order valence-electron chi connectivity index (χ2n) is 7.65. The first kappa shape index (κ1) is 19.4. The van der Waals surface area contributed by atoms with Gasteiger partial charge in [-0.2, -0.15) is 0 Å². The van der Waals surface area contributed by atoms with E-state index in [-0.39, 0.29) is 18.4 Å². The molecule has 1 saturated carbocycles. The summed E-state index contributed by atoms with van der Waals surface area (Å²) in [4.78, 5) is 25.4. The molecule has 3 N–H and O–H groups in total. The largest absolute Gasteiger partial charge is 0.348 e. The number of likely N-dealkylation sites (N-methyl/N-ethyl adjacent to an activating group) is 1. The molecule has 1 aromatic rings. The van der Waals surface area contributed by atoms with E-state index in [1.807, 2.05) is 39.1 Å². The lowest BCUT2D eigenvalue weighted by Crippen LogP contribution is -3.11. The number of benzene rings is 1. The molecule has 1 aliphatic rings. The zero-order valence-electron chi connectivity index (χ0n) is 15.9. The summed E-state index contributed by atoms with van der Waals surface area (Å²) < 4.78 is 0. The SMILES string of the molecule is Cc1cccc(C)c1NC(=O)C[NH+](C)CC(=O)NC1CCC(C)CC1. The average Bonchev–Trinajstić information content (AvgIpc) is 2.53. The van der Waals surface area contributed by atoms with Gasteiger partial charge in [0.1, 0.15) is 0 Å². The van der Waals surface area contributed by atoms with Crippen molar-refractivity contribution in [3.63, 3.8) is 0 Å². The van der Waals surface area contributed by atoms with Gasteiger partial charge in [-0.15, -0.1) is 0 Å². The van der Waals surface area contributed by atoms with E-state index in [1.165, 1.54) is 12.8 Å². The van der Waals surface area contributed by atoms with Crippen molar-refractivity contribution < 1.29 is 14.5 Å². The molecule has 5 nitrogen and oxygen atoms in total. The standard InChI is InChI=1S/C20H31N3O2/c1-14-8-10-17(11-9-14)21-18(24)12-23(4)13-19(25)22-20-15(2)6-5-7-16(20)3/h5-7,14,17H,8-13H2,1-4H3,(H,21,24)(H,22,25)/p+1. The minimum absolute atomic E-state index is 0.0388. The van der Waals surface area contributed by atoms with Crippen LogP contribution in [0.2, 0.25) is 0 Å². The third kappa shape index (κ3) is 6.16. The third-order valence-electron chi connectivity index (χ3n) is 5.05. The van der Waals surface area contributed by atoms with Crippen molar-refractivity contribution in [3.05, 3.63) is 29.3 Å². The van der Waals surface area contributed by atoms with Crippen molar-refractivity contribution >= 4 is 17.5 Å². The first-order valence-electron chi connectivity index (χ1n) is 9.32. The highest BCUT2D eigenvalue weighted by molar-refractivity contribution is 5.93. The number of hydrogen-bond donors (Lipinski definition) is 3. The summed E-state index contributed by atoms with van der Waals surface area (Å²) >= 11 is 0. The van der Waals surface area contributed by atoms with E-state index in [2.05, 4.69) is 17.6 Å². The van der Waals surface area contributed by atoms with Crippen LogP contribution in [0.5, 0.6) is 0 Å². The minimum atomic E-state index is -0.0609. The fourth-order valence-electron chi connectivity index (χ4n) is 3.49. The predicted molar refractivity (Wildman–Crippen MR) is 101 cm³/mol. The van der Waals surface area contributed by atoms with Crippen LogP contribution in [-0.2, 0) is 9.59 Å². The fourth-order valence-corrected chi connectivity index (χ4v) is 3.49. The molecule has 2 rings (SSSR count). The van der Waals surface area contributed by atoms with Gasteiger partial charge in [0.05, 0.1) is 7.05 Å². The van der Waals surface area contributed by atoms with Crippen molar-refractivity contribution in [2.45, 2.75) is 52.5 Å². The number of carbonyl (C=O) groups is 2. The van der Waals surface area contributed by atoms with Crippen molar-refractivity contribution in [3.8, 4) is 0 Å². The van der Waals surface area contributed by atoms with Gasteiger partial charge >= 0.3 is 0 Å². The quantitative estimate of drug-likeness (QED) is 0.730. The molecule has 1 fully saturated rings. The maximum Gasteiger partial charge on any atom is 0.279 e. The molecule has 1 atom stereocenters. The number of rotatable bonds is 6. The van der Waals surface area contributed by atoms with Gasteiger partial charge in [-0.05, 0) is 56.6 Å². The molecule has 1 aliphatic carbocycles. The fraction of sp³-hybridized carbons (Fsp3) is 0.600. The maximum absolute atomic E-state index is 12.3. The summed E-state index contributed by atoms with van der Waals surface area (Å²) in [6, 6.07) is 6.25. The van der Waals surface area contributed by atoms with E-state index in [4.69, 9.17) is 0 Å². The molecule has 0 bridgehead atoms. The summed E-state index contributed by atoms with van der Waals surface area (Å²) in [6.45, 7) is 6.84. The van der Waals surface area contributed by atoms with Crippen LogP contribution in [0.4, 0.5) is 5.69 Å². The van der Waals surface area contributed by atoms with E-state index in [0.29, 0.717) is 12.6 Å². The molecule has 0 saturated heterocycles. The van der Waals surface area contributed by atoms with Gasteiger partial charge < -0.3 is 15.5 Å². The second kappa shape index (κ2) is 8.99. The molecule has 0 aliphatic heterocycles. The van der Waals surface area contributed by atoms with Gasteiger partial charge in [0.2, 0.25) is 0 Å². The van der Waals surface area contributed by atoms with Gasteiger partial charge in [0, 0.05) is 11.7 Å². The lowest BCUT2D eigenvalue weighted by molar-refractivity contribution is -0.862. The molecule has 0 spiro atoms. The Morgan fingerprint density at radius 3 is 2.20 bits per heavy atom. The van der Waals surface area contributed by atoms with Gasteiger partial charge in [-0.3, -0.25) is 9.59 Å². The molecule has 2 amide bonds. The number of para-hydroxylation sites is 1. The zero-order valence-corrected chi connectivity index (χ0v) is 15.9. The van der Waals surface area contributed by atoms with Crippen molar-refractivity contribution in [2.24, 2.45) is 5.92 Å². The van der Waals surface area contributed by atoms with Crippen LogP contribution in [0.1, 0.15) is 43.7 Å². The Morgan fingerprint density at radius 1 is 1.04 bits per heavy atom. The summed E-state index contributed by atoms with van der Waals surface area (Å²) in [5, 5.41) is 6.10.